The molecule has 0 saturated carbocycles. The fourth-order valence-electron chi connectivity index (χ4n) is 2.06. The third kappa shape index (κ3) is 3.68. The van der Waals surface area contributed by atoms with E-state index in [0.29, 0.717) is 31.4 Å². The molecule has 1 aliphatic rings. The molecule has 19 heavy (non-hydrogen) atoms. The number of aromatic nitrogens is 1. The average Bonchev–Trinajstić information content (AvgIpc) is 3.10. The molecule has 0 aliphatic carbocycles. The maximum Gasteiger partial charge on any atom is 0.273 e. The Kier molecular flexibility index (Phi) is 5.62. The van der Waals surface area contributed by atoms with Crippen molar-refractivity contribution < 1.29 is 9.53 Å². The van der Waals surface area contributed by atoms with Crippen molar-refractivity contribution in [3.63, 3.8) is 0 Å². The van der Waals surface area contributed by atoms with Crippen molar-refractivity contribution in [2.45, 2.75) is 19.0 Å². The molecule has 5 nitrogen and oxygen atoms in total. The minimum Gasteiger partial charge on any atom is -0.383 e. The molecule has 1 amide bonds. The summed E-state index contributed by atoms with van der Waals surface area (Å²) >= 11 is 3.34. The van der Waals surface area contributed by atoms with Gasteiger partial charge in [-0.2, -0.15) is 11.8 Å². The Labute approximate surface area is 121 Å². The summed E-state index contributed by atoms with van der Waals surface area (Å²) < 4.78 is 5.11. The van der Waals surface area contributed by atoms with Gasteiger partial charge in [-0.25, -0.2) is 4.98 Å². The van der Waals surface area contributed by atoms with Gasteiger partial charge in [0, 0.05) is 37.4 Å². The molecule has 106 valence electrons. The lowest BCUT2D eigenvalue weighted by molar-refractivity contribution is 0.0619. The number of carbonyl (C=O) groups excluding carboxylic acids is 1. The number of thiazole rings is 1. The molecular formula is C12H19N3O2S2. The smallest absolute Gasteiger partial charge is 0.273 e. The summed E-state index contributed by atoms with van der Waals surface area (Å²) in [5, 5.41) is 2.60. The average molecular weight is 301 g/mol. The van der Waals surface area contributed by atoms with E-state index >= 15 is 0 Å². The molecule has 0 radical (unpaired) electrons. The quantitative estimate of drug-likeness (QED) is 0.855. The van der Waals surface area contributed by atoms with Crippen molar-refractivity contribution in [1.82, 2.24) is 9.88 Å². The highest BCUT2D eigenvalue weighted by Crippen LogP contribution is 2.24. The van der Waals surface area contributed by atoms with Gasteiger partial charge in [-0.1, -0.05) is 0 Å². The lowest BCUT2D eigenvalue weighted by Crippen LogP contribution is -2.42. The zero-order chi connectivity index (χ0) is 13.7. The number of methoxy groups -OCH3 is 1. The SMILES string of the molecule is COCCN(C(=O)c1csc(CN)n1)C1CCSC1. The number of nitrogens with zero attached hydrogens (tertiary/aromatic N) is 2. The summed E-state index contributed by atoms with van der Waals surface area (Å²) in [5.41, 5.74) is 6.05. The molecule has 0 bridgehead atoms. The van der Waals surface area contributed by atoms with E-state index in [1.54, 1.807) is 12.5 Å². The van der Waals surface area contributed by atoms with Gasteiger partial charge in [-0.3, -0.25) is 4.79 Å². The van der Waals surface area contributed by atoms with Gasteiger partial charge in [0.1, 0.15) is 10.7 Å². The van der Waals surface area contributed by atoms with Crippen LogP contribution in [-0.2, 0) is 11.3 Å². The van der Waals surface area contributed by atoms with E-state index in [1.165, 1.54) is 11.3 Å². The number of carbonyl (C=O) groups is 1. The highest BCUT2D eigenvalue weighted by molar-refractivity contribution is 7.99. The van der Waals surface area contributed by atoms with Gasteiger partial charge in [0.05, 0.1) is 6.61 Å². The predicted octanol–water partition coefficient (Wildman–Crippen LogP) is 1.20. The Bertz CT molecular complexity index is 419. The van der Waals surface area contributed by atoms with Crippen LogP contribution in [0.2, 0.25) is 0 Å². The number of nitrogens with two attached hydrogens (primary N) is 1. The molecule has 1 atom stereocenters. The lowest BCUT2D eigenvalue weighted by Gasteiger charge is -2.27. The fourth-order valence-corrected chi connectivity index (χ4v) is 3.93. The summed E-state index contributed by atoms with van der Waals surface area (Å²) in [5.74, 6) is 2.12. The Morgan fingerprint density at radius 2 is 2.53 bits per heavy atom. The van der Waals surface area contributed by atoms with Gasteiger partial charge in [0.25, 0.3) is 5.91 Å². The van der Waals surface area contributed by atoms with E-state index in [-0.39, 0.29) is 5.91 Å². The highest BCUT2D eigenvalue weighted by atomic mass is 32.2. The first-order valence-corrected chi connectivity index (χ1v) is 8.31. The van der Waals surface area contributed by atoms with Gasteiger partial charge in [0.15, 0.2) is 0 Å². The molecule has 1 aromatic rings. The highest BCUT2D eigenvalue weighted by Gasteiger charge is 2.28. The Morgan fingerprint density at radius 3 is 3.11 bits per heavy atom. The second-order valence-electron chi connectivity index (χ2n) is 4.34. The molecule has 2 N–H and O–H groups in total. The second kappa shape index (κ2) is 7.23. The Hall–Kier alpha value is -0.630. The minimum absolute atomic E-state index is 0.000463. The molecular weight excluding hydrogens is 282 g/mol. The number of amides is 1. The Balaban J connectivity index is 2.09. The van der Waals surface area contributed by atoms with Crippen molar-refractivity contribution in [1.29, 1.82) is 0 Å². The zero-order valence-corrected chi connectivity index (χ0v) is 12.6. The van der Waals surface area contributed by atoms with Crippen LogP contribution >= 0.6 is 23.1 Å². The molecule has 0 spiro atoms. The molecule has 2 rings (SSSR count). The molecule has 1 saturated heterocycles. The number of ether oxygens (including phenoxy) is 1. The van der Waals surface area contributed by atoms with Crippen LogP contribution < -0.4 is 5.73 Å². The zero-order valence-electron chi connectivity index (χ0n) is 11.0. The van der Waals surface area contributed by atoms with E-state index in [2.05, 4.69) is 4.98 Å². The summed E-state index contributed by atoms with van der Waals surface area (Å²) in [7, 11) is 1.65. The molecule has 7 heteroatoms. The third-order valence-electron chi connectivity index (χ3n) is 3.09. The largest absolute Gasteiger partial charge is 0.383 e. The number of thioether (sulfide) groups is 1. The van der Waals surface area contributed by atoms with Gasteiger partial charge in [-0.05, 0) is 12.2 Å². The van der Waals surface area contributed by atoms with Gasteiger partial charge in [0.2, 0.25) is 0 Å². The van der Waals surface area contributed by atoms with Crippen molar-refractivity contribution in [3.05, 3.63) is 16.1 Å². The van der Waals surface area contributed by atoms with Crippen LogP contribution in [0.15, 0.2) is 5.38 Å². The van der Waals surface area contributed by atoms with Crippen LogP contribution in [0.4, 0.5) is 0 Å². The van der Waals surface area contributed by atoms with E-state index in [0.717, 1.165) is 22.9 Å². The van der Waals surface area contributed by atoms with Crippen LogP contribution in [0.5, 0.6) is 0 Å². The molecule has 1 unspecified atom stereocenters. The van der Waals surface area contributed by atoms with E-state index in [1.807, 2.05) is 16.7 Å². The Morgan fingerprint density at radius 1 is 1.68 bits per heavy atom. The van der Waals surface area contributed by atoms with E-state index in [4.69, 9.17) is 10.5 Å². The third-order valence-corrected chi connectivity index (χ3v) is 5.11. The molecule has 0 aromatic carbocycles. The maximum absolute atomic E-state index is 12.5. The normalized spacial score (nSPS) is 18.7. The van der Waals surface area contributed by atoms with Crippen molar-refractivity contribution in [3.8, 4) is 0 Å². The van der Waals surface area contributed by atoms with Crippen LogP contribution in [0.3, 0.4) is 0 Å². The summed E-state index contributed by atoms with van der Waals surface area (Å²) in [4.78, 5) is 18.7. The summed E-state index contributed by atoms with van der Waals surface area (Å²) in [6.07, 6.45) is 1.05. The minimum atomic E-state index is 0.000463. The van der Waals surface area contributed by atoms with Crippen LogP contribution in [0, 0.1) is 0 Å². The van der Waals surface area contributed by atoms with Gasteiger partial charge in [-0.15, -0.1) is 11.3 Å². The topological polar surface area (TPSA) is 68.5 Å². The van der Waals surface area contributed by atoms with Crippen LogP contribution in [0.25, 0.3) is 0 Å². The van der Waals surface area contributed by atoms with Crippen molar-refractivity contribution in [2.24, 2.45) is 5.73 Å². The molecule has 2 heterocycles. The summed E-state index contributed by atoms with van der Waals surface area (Å²) in [6.45, 7) is 1.56. The van der Waals surface area contributed by atoms with Crippen LogP contribution in [-0.4, -0.2) is 53.6 Å². The molecule has 1 fully saturated rings. The van der Waals surface area contributed by atoms with E-state index in [9.17, 15) is 4.79 Å². The first kappa shape index (κ1) is 14.8. The van der Waals surface area contributed by atoms with E-state index < -0.39 is 0 Å². The lowest BCUT2D eigenvalue weighted by atomic mass is 10.2. The first-order chi connectivity index (χ1) is 9.26. The summed E-state index contributed by atoms with van der Waals surface area (Å²) in [6, 6.07) is 0.302. The molecule has 1 aromatic heterocycles. The monoisotopic (exact) mass is 301 g/mol. The molecule has 1 aliphatic heterocycles. The first-order valence-electron chi connectivity index (χ1n) is 6.28. The second-order valence-corrected chi connectivity index (χ2v) is 6.43. The van der Waals surface area contributed by atoms with Crippen molar-refractivity contribution in [2.75, 3.05) is 31.8 Å². The fraction of sp³-hybridized carbons (Fsp3) is 0.667. The predicted molar refractivity (Wildman–Crippen MR) is 78.6 cm³/mol. The van der Waals surface area contributed by atoms with Crippen LogP contribution in [0.1, 0.15) is 21.9 Å². The maximum atomic E-state index is 12.5. The standard InChI is InChI=1S/C12H19N3O2S2/c1-17-4-3-15(9-2-5-18-7-9)12(16)10-8-19-11(6-13)14-10/h8-9H,2-7,13H2,1H3. The number of rotatable bonds is 6. The number of hydrogen-bond acceptors (Lipinski definition) is 6. The van der Waals surface area contributed by atoms with Gasteiger partial charge >= 0.3 is 0 Å². The van der Waals surface area contributed by atoms with Gasteiger partial charge < -0.3 is 15.4 Å². The van der Waals surface area contributed by atoms with Crippen molar-refractivity contribution >= 4 is 29.0 Å². The number of hydrogen-bond donors (Lipinski definition) is 1.